The van der Waals surface area contributed by atoms with Crippen LogP contribution >= 0.6 is 0 Å². The summed E-state index contributed by atoms with van der Waals surface area (Å²) in [4.78, 5) is 9.99. The first kappa shape index (κ1) is 8.19. The standard InChI is InChI=1S/C7H8N2O3/c8-4-1-7(12)5(9-3-10)2-6(4)11/h1-3,11-12H,8H2,(H,9,10). The molecule has 0 heterocycles. The highest BCUT2D eigenvalue weighted by Crippen LogP contribution is 2.32. The number of benzene rings is 1. The third-order valence-corrected chi connectivity index (χ3v) is 1.36. The van der Waals surface area contributed by atoms with E-state index >= 15 is 0 Å². The molecule has 0 saturated carbocycles. The molecule has 0 aromatic heterocycles. The largest absolute Gasteiger partial charge is 0.506 e. The molecule has 5 heteroatoms. The highest BCUT2D eigenvalue weighted by atomic mass is 16.3. The van der Waals surface area contributed by atoms with Crippen LogP contribution in [0.2, 0.25) is 0 Å². The van der Waals surface area contributed by atoms with Gasteiger partial charge < -0.3 is 21.3 Å². The summed E-state index contributed by atoms with van der Waals surface area (Å²) in [6, 6.07) is 2.32. The first-order valence-electron chi connectivity index (χ1n) is 3.16. The molecule has 0 bridgehead atoms. The minimum atomic E-state index is -0.183. The fraction of sp³-hybridized carbons (Fsp3) is 0. The Balaban J connectivity index is 3.13. The van der Waals surface area contributed by atoms with Gasteiger partial charge in [-0.3, -0.25) is 4.79 Å². The number of nitrogen functional groups attached to an aromatic ring is 1. The summed E-state index contributed by atoms with van der Waals surface area (Å²) in [6.45, 7) is 0. The second-order valence-electron chi connectivity index (χ2n) is 2.19. The molecule has 0 aliphatic rings. The van der Waals surface area contributed by atoms with Crippen molar-refractivity contribution in [2.24, 2.45) is 0 Å². The average molecular weight is 168 g/mol. The van der Waals surface area contributed by atoms with Crippen LogP contribution in [0.4, 0.5) is 11.4 Å². The summed E-state index contributed by atoms with van der Waals surface area (Å²) < 4.78 is 0. The summed E-state index contributed by atoms with van der Waals surface area (Å²) >= 11 is 0. The first-order chi connectivity index (χ1) is 5.65. The molecule has 0 fully saturated rings. The molecular weight excluding hydrogens is 160 g/mol. The van der Waals surface area contributed by atoms with E-state index in [-0.39, 0.29) is 22.9 Å². The molecule has 5 nitrogen and oxygen atoms in total. The molecule has 1 amide bonds. The van der Waals surface area contributed by atoms with E-state index in [0.29, 0.717) is 6.41 Å². The maximum atomic E-state index is 9.99. The van der Waals surface area contributed by atoms with Crippen LogP contribution in [0.5, 0.6) is 11.5 Å². The highest BCUT2D eigenvalue weighted by molar-refractivity contribution is 5.78. The van der Waals surface area contributed by atoms with E-state index in [1.807, 2.05) is 0 Å². The number of hydrogen-bond donors (Lipinski definition) is 4. The third-order valence-electron chi connectivity index (χ3n) is 1.36. The number of anilines is 2. The smallest absolute Gasteiger partial charge is 0.211 e. The topological polar surface area (TPSA) is 95.6 Å². The van der Waals surface area contributed by atoms with Gasteiger partial charge in [-0.2, -0.15) is 0 Å². The summed E-state index contributed by atoms with van der Waals surface area (Å²) in [6.07, 6.45) is 0.394. The van der Waals surface area contributed by atoms with E-state index in [0.717, 1.165) is 6.07 Å². The zero-order chi connectivity index (χ0) is 9.14. The predicted molar refractivity (Wildman–Crippen MR) is 43.9 cm³/mol. The Morgan fingerprint density at radius 2 is 2.00 bits per heavy atom. The lowest BCUT2D eigenvalue weighted by Crippen LogP contribution is -1.95. The molecule has 0 spiro atoms. The van der Waals surface area contributed by atoms with Crippen LogP contribution in [0.25, 0.3) is 0 Å². The van der Waals surface area contributed by atoms with Gasteiger partial charge in [-0.25, -0.2) is 0 Å². The number of carbonyl (C=O) groups excluding carboxylic acids is 1. The fourth-order valence-corrected chi connectivity index (χ4v) is 0.772. The summed E-state index contributed by atoms with van der Waals surface area (Å²) in [5.74, 6) is -0.366. The molecule has 1 rings (SSSR count). The maximum absolute atomic E-state index is 9.99. The number of phenolic OH excluding ortho intramolecular Hbond substituents is 2. The van der Waals surface area contributed by atoms with Crippen molar-refractivity contribution in [3.8, 4) is 11.5 Å². The van der Waals surface area contributed by atoms with Crippen LogP contribution in [0, 0.1) is 0 Å². The Kier molecular flexibility index (Phi) is 2.05. The van der Waals surface area contributed by atoms with Crippen molar-refractivity contribution in [1.29, 1.82) is 0 Å². The Hall–Kier alpha value is -1.91. The zero-order valence-electron chi connectivity index (χ0n) is 6.11. The molecule has 1 aromatic rings. The molecule has 0 saturated heterocycles. The van der Waals surface area contributed by atoms with Gasteiger partial charge in [-0.1, -0.05) is 0 Å². The third kappa shape index (κ3) is 1.39. The quantitative estimate of drug-likeness (QED) is 0.220. The van der Waals surface area contributed by atoms with Crippen LogP contribution in [0.1, 0.15) is 0 Å². The van der Waals surface area contributed by atoms with Gasteiger partial charge in [0.05, 0.1) is 11.4 Å². The zero-order valence-corrected chi connectivity index (χ0v) is 6.11. The minimum absolute atomic E-state index is 0.0592. The van der Waals surface area contributed by atoms with Crippen molar-refractivity contribution >= 4 is 17.8 Å². The van der Waals surface area contributed by atoms with Crippen molar-refractivity contribution in [1.82, 2.24) is 0 Å². The Morgan fingerprint density at radius 3 is 2.58 bits per heavy atom. The average Bonchev–Trinajstić information content (AvgIpc) is 2.01. The number of carbonyl (C=O) groups is 1. The van der Waals surface area contributed by atoms with Gasteiger partial charge in [-0.05, 0) is 0 Å². The number of amides is 1. The Morgan fingerprint density at radius 1 is 1.33 bits per heavy atom. The van der Waals surface area contributed by atoms with Crippen molar-refractivity contribution in [2.45, 2.75) is 0 Å². The van der Waals surface area contributed by atoms with Crippen molar-refractivity contribution < 1.29 is 15.0 Å². The van der Waals surface area contributed by atoms with Gasteiger partial charge in [-0.15, -0.1) is 0 Å². The fourth-order valence-electron chi connectivity index (χ4n) is 0.772. The molecule has 0 aliphatic carbocycles. The van der Waals surface area contributed by atoms with E-state index in [9.17, 15) is 4.79 Å². The van der Waals surface area contributed by atoms with Crippen LogP contribution in [-0.4, -0.2) is 16.6 Å². The van der Waals surface area contributed by atoms with E-state index in [1.165, 1.54) is 6.07 Å². The lowest BCUT2D eigenvalue weighted by molar-refractivity contribution is -0.105. The van der Waals surface area contributed by atoms with Gasteiger partial charge >= 0.3 is 0 Å². The van der Waals surface area contributed by atoms with Crippen LogP contribution in [0.3, 0.4) is 0 Å². The number of rotatable bonds is 2. The maximum Gasteiger partial charge on any atom is 0.211 e. The molecule has 0 aliphatic heterocycles. The molecule has 5 N–H and O–H groups in total. The molecule has 0 radical (unpaired) electrons. The van der Waals surface area contributed by atoms with Crippen LogP contribution < -0.4 is 11.1 Å². The number of nitrogens with two attached hydrogens (primary N) is 1. The number of hydrogen-bond acceptors (Lipinski definition) is 4. The normalized spacial score (nSPS) is 9.33. The van der Waals surface area contributed by atoms with Gasteiger partial charge in [0.25, 0.3) is 0 Å². The lowest BCUT2D eigenvalue weighted by Gasteiger charge is -2.04. The summed E-state index contributed by atoms with van der Waals surface area (Å²) in [5, 5.41) is 20.4. The SMILES string of the molecule is Nc1cc(O)c(NC=O)cc1O. The molecule has 12 heavy (non-hydrogen) atoms. The Labute approximate surface area is 68.4 Å². The molecule has 0 unspecified atom stereocenters. The second kappa shape index (κ2) is 3.00. The van der Waals surface area contributed by atoms with E-state index in [2.05, 4.69) is 5.32 Å². The van der Waals surface area contributed by atoms with Crippen molar-refractivity contribution in [3.05, 3.63) is 12.1 Å². The molecule has 0 atom stereocenters. The minimum Gasteiger partial charge on any atom is -0.506 e. The first-order valence-corrected chi connectivity index (χ1v) is 3.16. The van der Waals surface area contributed by atoms with E-state index < -0.39 is 0 Å². The van der Waals surface area contributed by atoms with Crippen LogP contribution in [-0.2, 0) is 4.79 Å². The van der Waals surface area contributed by atoms with E-state index in [1.54, 1.807) is 0 Å². The van der Waals surface area contributed by atoms with Crippen molar-refractivity contribution in [2.75, 3.05) is 11.1 Å². The monoisotopic (exact) mass is 168 g/mol. The van der Waals surface area contributed by atoms with E-state index in [4.69, 9.17) is 15.9 Å². The summed E-state index contributed by atoms with van der Waals surface area (Å²) in [5.41, 5.74) is 5.44. The van der Waals surface area contributed by atoms with Gasteiger partial charge in [0.2, 0.25) is 6.41 Å². The lowest BCUT2D eigenvalue weighted by atomic mass is 10.2. The number of aromatic hydroxyl groups is 2. The molecule has 1 aromatic carbocycles. The van der Waals surface area contributed by atoms with Crippen LogP contribution in [0.15, 0.2) is 12.1 Å². The Bertz CT molecular complexity index is 312. The number of nitrogens with one attached hydrogen (secondary N) is 1. The second-order valence-corrected chi connectivity index (χ2v) is 2.19. The number of phenols is 2. The van der Waals surface area contributed by atoms with Gasteiger partial charge in [0.15, 0.2) is 0 Å². The van der Waals surface area contributed by atoms with Gasteiger partial charge in [0.1, 0.15) is 11.5 Å². The highest BCUT2D eigenvalue weighted by Gasteiger charge is 2.04. The molecule has 64 valence electrons. The van der Waals surface area contributed by atoms with Crippen molar-refractivity contribution in [3.63, 3.8) is 0 Å². The summed E-state index contributed by atoms with van der Waals surface area (Å²) in [7, 11) is 0. The predicted octanol–water partition coefficient (Wildman–Crippen LogP) is 0.248. The van der Waals surface area contributed by atoms with Gasteiger partial charge in [0, 0.05) is 12.1 Å². The molecular formula is C7H8N2O3.